The molecule has 4 nitrogen and oxygen atoms in total. The molecule has 0 atom stereocenters. The number of Topliss-reactive ketones (excluding diaryl/α,β-unsaturated/α-hetero) is 1. The van der Waals surface area contributed by atoms with Gasteiger partial charge in [-0.2, -0.15) is 0 Å². The highest BCUT2D eigenvalue weighted by Crippen LogP contribution is 2.05. The summed E-state index contributed by atoms with van der Waals surface area (Å²) in [6, 6.07) is 3.65. The van der Waals surface area contributed by atoms with E-state index in [1.807, 2.05) is 6.07 Å². The summed E-state index contributed by atoms with van der Waals surface area (Å²) in [5.41, 5.74) is 0.909. The first-order valence-electron chi connectivity index (χ1n) is 4.51. The zero-order chi connectivity index (χ0) is 10.4. The predicted molar refractivity (Wildman–Crippen MR) is 54.2 cm³/mol. The number of rotatable bonds is 5. The number of aromatic nitrogens is 1. The van der Waals surface area contributed by atoms with Crippen molar-refractivity contribution in [1.29, 1.82) is 0 Å². The maximum absolute atomic E-state index is 10.8. The first kappa shape index (κ1) is 10.7. The summed E-state index contributed by atoms with van der Waals surface area (Å²) >= 11 is 0. The third kappa shape index (κ3) is 3.53. The fourth-order valence-electron chi connectivity index (χ4n) is 1.11. The molecule has 1 heterocycles. The summed E-state index contributed by atoms with van der Waals surface area (Å²) in [5, 5.41) is 11.5. The van der Waals surface area contributed by atoms with E-state index in [4.69, 9.17) is 5.11 Å². The second-order valence-corrected chi connectivity index (χ2v) is 3.08. The van der Waals surface area contributed by atoms with Gasteiger partial charge in [-0.3, -0.25) is 4.79 Å². The van der Waals surface area contributed by atoms with Crippen molar-refractivity contribution in [3.05, 3.63) is 23.9 Å². The normalized spacial score (nSPS) is 9.86. The van der Waals surface area contributed by atoms with E-state index in [9.17, 15) is 4.79 Å². The van der Waals surface area contributed by atoms with Crippen LogP contribution in [0.25, 0.3) is 0 Å². The third-order valence-corrected chi connectivity index (χ3v) is 1.70. The van der Waals surface area contributed by atoms with Gasteiger partial charge in [0.2, 0.25) is 0 Å². The van der Waals surface area contributed by atoms with Crippen molar-refractivity contribution < 1.29 is 9.90 Å². The van der Waals surface area contributed by atoms with Crippen molar-refractivity contribution in [1.82, 2.24) is 4.98 Å². The lowest BCUT2D eigenvalue weighted by Gasteiger charge is -2.03. The third-order valence-electron chi connectivity index (χ3n) is 1.70. The van der Waals surface area contributed by atoms with E-state index in [0.29, 0.717) is 18.8 Å². The van der Waals surface area contributed by atoms with Crippen LogP contribution >= 0.6 is 0 Å². The number of anilines is 1. The molecule has 0 saturated carbocycles. The predicted octanol–water partition coefficient (Wildman–Crippen LogP) is 0.617. The largest absolute Gasteiger partial charge is 0.395 e. The Morgan fingerprint density at radius 2 is 2.36 bits per heavy atom. The zero-order valence-corrected chi connectivity index (χ0v) is 8.16. The fraction of sp³-hybridized carbons (Fsp3) is 0.400. The van der Waals surface area contributed by atoms with Crippen LogP contribution in [0.3, 0.4) is 0 Å². The molecule has 0 fully saturated rings. The highest BCUT2D eigenvalue weighted by atomic mass is 16.3. The topological polar surface area (TPSA) is 62.2 Å². The standard InChI is InChI=1S/C10H14N2O2/c1-8(14)6-9-2-3-10(12-7-9)11-4-5-13/h2-3,7,13H,4-6H2,1H3,(H,11,12). The number of aliphatic hydroxyl groups excluding tert-OH is 1. The number of nitrogens with one attached hydrogen (secondary N) is 1. The smallest absolute Gasteiger partial charge is 0.134 e. The van der Waals surface area contributed by atoms with Crippen LogP contribution in [0, 0.1) is 0 Å². The number of hydrogen-bond acceptors (Lipinski definition) is 4. The molecule has 0 aromatic carbocycles. The van der Waals surface area contributed by atoms with Gasteiger partial charge in [0.25, 0.3) is 0 Å². The lowest BCUT2D eigenvalue weighted by molar-refractivity contribution is -0.116. The van der Waals surface area contributed by atoms with Crippen LogP contribution in [0.15, 0.2) is 18.3 Å². The second kappa shape index (κ2) is 5.34. The van der Waals surface area contributed by atoms with Crippen molar-refractivity contribution in [3.8, 4) is 0 Å². The number of aliphatic hydroxyl groups is 1. The van der Waals surface area contributed by atoms with Crippen molar-refractivity contribution in [3.63, 3.8) is 0 Å². The number of nitrogens with zero attached hydrogens (tertiary/aromatic N) is 1. The van der Waals surface area contributed by atoms with Gasteiger partial charge < -0.3 is 10.4 Å². The van der Waals surface area contributed by atoms with Crippen molar-refractivity contribution >= 4 is 11.6 Å². The molecular formula is C10H14N2O2. The molecule has 1 aromatic heterocycles. The van der Waals surface area contributed by atoms with E-state index in [0.717, 1.165) is 5.56 Å². The molecule has 14 heavy (non-hydrogen) atoms. The second-order valence-electron chi connectivity index (χ2n) is 3.08. The first-order chi connectivity index (χ1) is 6.72. The molecule has 0 aliphatic carbocycles. The number of pyridine rings is 1. The molecule has 0 unspecified atom stereocenters. The lowest BCUT2D eigenvalue weighted by Crippen LogP contribution is -2.07. The van der Waals surface area contributed by atoms with Crippen molar-refractivity contribution in [2.24, 2.45) is 0 Å². The van der Waals surface area contributed by atoms with Gasteiger partial charge in [0.15, 0.2) is 0 Å². The molecule has 0 amide bonds. The fourth-order valence-corrected chi connectivity index (χ4v) is 1.11. The minimum Gasteiger partial charge on any atom is -0.395 e. The minimum absolute atomic E-state index is 0.0802. The Kier molecular flexibility index (Phi) is 4.07. The summed E-state index contributed by atoms with van der Waals surface area (Å²) in [7, 11) is 0. The van der Waals surface area contributed by atoms with Crippen LogP contribution in [0.2, 0.25) is 0 Å². The van der Waals surface area contributed by atoms with Gasteiger partial charge in [0.1, 0.15) is 11.6 Å². The molecule has 1 aromatic rings. The monoisotopic (exact) mass is 194 g/mol. The highest BCUT2D eigenvalue weighted by Gasteiger charge is 1.98. The molecule has 0 saturated heterocycles. The van der Waals surface area contributed by atoms with Crippen LogP contribution in [0.1, 0.15) is 12.5 Å². The Morgan fingerprint density at radius 1 is 1.57 bits per heavy atom. The summed E-state index contributed by atoms with van der Waals surface area (Å²) < 4.78 is 0. The van der Waals surface area contributed by atoms with Gasteiger partial charge in [0.05, 0.1) is 6.61 Å². The van der Waals surface area contributed by atoms with E-state index in [1.165, 1.54) is 0 Å². The molecule has 4 heteroatoms. The lowest BCUT2D eigenvalue weighted by atomic mass is 10.1. The van der Waals surface area contributed by atoms with Gasteiger partial charge >= 0.3 is 0 Å². The average Bonchev–Trinajstić information content (AvgIpc) is 2.16. The Morgan fingerprint density at radius 3 is 2.86 bits per heavy atom. The summed E-state index contributed by atoms with van der Waals surface area (Å²) in [6.45, 7) is 2.12. The molecular weight excluding hydrogens is 180 g/mol. The maximum Gasteiger partial charge on any atom is 0.134 e. The molecule has 76 valence electrons. The van der Waals surface area contributed by atoms with Gasteiger partial charge in [-0.25, -0.2) is 4.98 Å². The summed E-state index contributed by atoms with van der Waals surface area (Å²) in [6.07, 6.45) is 2.09. The Bertz CT molecular complexity index is 295. The molecule has 0 aliphatic rings. The van der Waals surface area contributed by atoms with Crippen molar-refractivity contribution in [2.75, 3.05) is 18.5 Å². The van der Waals surface area contributed by atoms with Crippen LogP contribution in [0.5, 0.6) is 0 Å². The van der Waals surface area contributed by atoms with E-state index in [2.05, 4.69) is 10.3 Å². The molecule has 0 aliphatic heterocycles. The Labute approximate surface area is 83.0 Å². The van der Waals surface area contributed by atoms with Gasteiger partial charge in [-0.15, -0.1) is 0 Å². The summed E-state index contributed by atoms with van der Waals surface area (Å²) in [5.74, 6) is 0.842. The van der Waals surface area contributed by atoms with Crippen LogP contribution in [-0.2, 0) is 11.2 Å². The number of hydrogen-bond donors (Lipinski definition) is 2. The van der Waals surface area contributed by atoms with Gasteiger partial charge in [0, 0.05) is 19.2 Å². The Balaban J connectivity index is 2.54. The maximum atomic E-state index is 10.8. The highest BCUT2D eigenvalue weighted by molar-refractivity contribution is 5.78. The summed E-state index contributed by atoms with van der Waals surface area (Å²) in [4.78, 5) is 14.9. The van der Waals surface area contributed by atoms with Gasteiger partial charge in [-0.1, -0.05) is 6.07 Å². The van der Waals surface area contributed by atoms with Crippen LogP contribution in [0.4, 0.5) is 5.82 Å². The quantitative estimate of drug-likeness (QED) is 0.721. The van der Waals surface area contributed by atoms with E-state index < -0.39 is 0 Å². The van der Waals surface area contributed by atoms with Crippen LogP contribution < -0.4 is 5.32 Å². The molecule has 0 bridgehead atoms. The van der Waals surface area contributed by atoms with E-state index in [1.54, 1.807) is 19.2 Å². The van der Waals surface area contributed by atoms with Crippen molar-refractivity contribution in [2.45, 2.75) is 13.3 Å². The van der Waals surface area contributed by atoms with E-state index >= 15 is 0 Å². The molecule has 2 N–H and O–H groups in total. The Hall–Kier alpha value is -1.42. The molecule has 0 spiro atoms. The zero-order valence-electron chi connectivity index (χ0n) is 8.16. The van der Waals surface area contributed by atoms with E-state index in [-0.39, 0.29) is 12.4 Å². The number of ketones is 1. The number of carbonyl (C=O) groups is 1. The average molecular weight is 194 g/mol. The molecule has 1 rings (SSSR count). The number of carbonyl (C=O) groups excluding carboxylic acids is 1. The molecule has 0 radical (unpaired) electrons. The first-order valence-corrected chi connectivity index (χ1v) is 4.51. The van der Waals surface area contributed by atoms with Gasteiger partial charge in [-0.05, 0) is 18.6 Å². The van der Waals surface area contributed by atoms with Crippen LogP contribution in [-0.4, -0.2) is 29.0 Å². The minimum atomic E-state index is 0.0802. The SMILES string of the molecule is CC(=O)Cc1ccc(NCCO)nc1.